The third-order valence-corrected chi connectivity index (χ3v) is 4.08. The molecular weight excluding hydrogens is 293 g/mol. The van der Waals surface area contributed by atoms with Crippen LogP contribution in [-0.2, 0) is 17.6 Å². The summed E-state index contributed by atoms with van der Waals surface area (Å²) in [4.78, 5) is 12.4. The molecule has 122 valence electrons. The SMILES string of the molecule is CC(C)C(N)Cc1ccc2c(c1)CCCN2C(=O)C(F)(F)F. The van der Waals surface area contributed by atoms with Crippen LogP contribution in [0.2, 0.25) is 0 Å². The van der Waals surface area contributed by atoms with Gasteiger partial charge in [-0.3, -0.25) is 4.79 Å². The third kappa shape index (κ3) is 3.61. The fraction of sp³-hybridized carbons (Fsp3) is 0.562. The molecule has 2 rings (SSSR count). The second-order valence-electron chi connectivity index (χ2n) is 6.13. The van der Waals surface area contributed by atoms with Gasteiger partial charge in [-0.1, -0.05) is 26.0 Å². The first-order valence-corrected chi connectivity index (χ1v) is 7.46. The fourth-order valence-electron chi connectivity index (χ4n) is 2.65. The first-order valence-electron chi connectivity index (χ1n) is 7.46. The highest BCUT2D eigenvalue weighted by atomic mass is 19.4. The predicted molar refractivity (Wildman–Crippen MR) is 79.7 cm³/mol. The molecule has 1 aromatic carbocycles. The lowest BCUT2D eigenvalue weighted by Crippen LogP contribution is -2.43. The topological polar surface area (TPSA) is 46.3 Å². The van der Waals surface area contributed by atoms with E-state index in [4.69, 9.17) is 5.73 Å². The number of carbonyl (C=O) groups excluding carboxylic acids is 1. The van der Waals surface area contributed by atoms with Gasteiger partial charge in [-0.25, -0.2) is 0 Å². The summed E-state index contributed by atoms with van der Waals surface area (Å²) in [7, 11) is 0. The summed E-state index contributed by atoms with van der Waals surface area (Å²) in [5.74, 6) is -1.46. The van der Waals surface area contributed by atoms with Gasteiger partial charge in [0.05, 0.1) is 0 Å². The lowest BCUT2D eigenvalue weighted by atomic mass is 9.93. The Morgan fingerprint density at radius 3 is 2.64 bits per heavy atom. The number of fused-ring (bicyclic) bond motifs is 1. The Morgan fingerprint density at radius 1 is 1.36 bits per heavy atom. The molecule has 0 saturated heterocycles. The molecular formula is C16H21F3N2O. The monoisotopic (exact) mass is 314 g/mol. The van der Waals surface area contributed by atoms with Gasteiger partial charge in [0.1, 0.15) is 0 Å². The van der Waals surface area contributed by atoms with Crippen LogP contribution < -0.4 is 10.6 Å². The normalized spacial score (nSPS) is 16.6. The maximum absolute atomic E-state index is 12.7. The molecule has 22 heavy (non-hydrogen) atoms. The van der Waals surface area contributed by atoms with Crippen molar-refractivity contribution in [1.82, 2.24) is 0 Å². The van der Waals surface area contributed by atoms with E-state index in [0.29, 0.717) is 30.9 Å². The van der Waals surface area contributed by atoms with Crippen LogP contribution in [0.25, 0.3) is 0 Å². The number of halogens is 3. The average molecular weight is 314 g/mol. The quantitative estimate of drug-likeness (QED) is 0.932. The third-order valence-electron chi connectivity index (χ3n) is 4.08. The molecule has 3 nitrogen and oxygen atoms in total. The summed E-state index contributed by atoms with van der Waals surface area (Å²) in [5.41, 5.74) is 8.21. The van der Waals surface area contributed by atoms with Crippen LogP contribution in [-0.4, -0.2) is 24.7 Å². The van der Waals surface area contributed by atoms with Gasteiger partial charge in [-0.05, 0) is 42.4 Å². The standard InChI is InChI=1S/C16H21F3N2O/c1-10(2)13(20)9-11-5-6-14-12(8-11)4-3-7-21(14)15(22)16(17,18)19/h5-6,8,10,13H,3-4,7,9,20H2,1-2H3. The molecule has 1 aliphatic heterocycles. The highest BCUT2D eigenvalue weighted by Gasteiger charge is 2.43. The maximum atomic E-state index is 12.7. The van der Waals surface area contributed by atoms with E-state index in [2.05, 4.69) is 0 Å². The summed E-state index contributed by atoms with van der Waals surface area (Å²) in [6.07, 6.45) is -2.94. The molecule has 0 fully saturated rings. The van der Waals surface area contributed by atoms with Crippen LogP contribution in [0.3, 0.4) is 0 Å². The number of alkyl halides is 3. The number of hydrogen-bond acceptors (Lipinski definition) is 2. The van der Waals surface area contributed by atoms with Gasteiger partial charge < -0.3 is 10.6 Å². The maximum Gasteiger partial charge on any atom is 0.471 e. The van der Waals surface area contributed by atoms with Gasteiger partial charge in [0.15, 0.2) is 0 Å². The number of benzene rings is 1. The lowest BCUT2D eigenvalue weighted by Gasteiger charge is -2.30. The van der Waals surface area contributed by atoms with Crippen molar-refractivity contribution in [3.8, 4) is 0 Å². The molecule has 1 heterocycles. The highest BCUT2D eigenvalue weighted by Crippen LogP contribution is 2.32. The van der Waals surface area contributed by atoms with Crippen molar-refractivity contribution in [3.05, 3.63) is 29.3 Å². The van der Waals surface area contributed by atoms with Crippen molar-refractivity contribution in [2.45, 2.75) is 45.3 Å². The minimum Gasteiger partial charge on any atom is -0.327 e. The Morgan fingerprint density at radius 2 is 2.05 bits per heavy atom. The molecule has 0 radical (unpaired) electrons. The smallest absolute Gasteiger partial charge is 0.327 e. The lowest BCUT2D eigenvalue weighted by molar-refractivity contribution is -0.170. The Balaban J connectivity index is 2.25. The molecule has 0 aromatic heterocycles. The summed E-state index contributed by atoms with van der Waals surface area (Å²) in [6.45, 7) is 4.18. The number of nitrogens with two attached hydrogens (primary N) is 1. The van der Waals surface area contributed by atoms with Gasteiger partial charge in [0.25, 0.3) is 0 Å². The molecule has 0 saturated carbocycles. The van der Waals surface area contributed by atoms with Crippen LogP contribution in [0, 0.1) is 5.92 Å². The van der Waals surface area contributed by atoms with Crippen LogP contribution in [0.1, 0.15) is 31.4 Å². The molecule has 0 aliphatic carbocycles. The number of anilines is 1. The van der Waals surface area contributed by atoms with Crippen molar-refractivity contribution < 1.29 is 18.0 Å². The highest BCUT2D eigenvalue weighted by molar-refractivity contribution is 5.98. The van der Waals surface area contributed by atoms with Crippen molar-refractivity contribution in [1.29, 1.82) is 0 Å². The van der Waals surface area contributed by atoms with Crippen molar-refractivity contribution in [2.24, 2.45) is 11.7 Å². The Bertz CT molecular complexity index is 555. The van der Waals surface area contributed by atoms with Gasteiger partial charge in [-0.2, -0.15) is 13.2 Å². The van der Waals surface area contributed by atoms with Crippen molar-refractivity contribution >= 4 is 11.6 Å². The predicted octanol–water partition coefficient (Wildman–Crippen LogP) is 3.05. The Labute approximate surface area is 128 Å². The summed E-state index contributed by atoms with van der Waals surface area (Å²) in [6, 6.07) is 5.27. The summed E-state index contributed by atoms with van der Waals surface area (Å²) in [5, 5.41) is 0. The second kappa shape index (κ2) is 6.28. The van der Waals surface area contributed by atoms with E-state index in [1.807, 2.05) is 19.9 Å². The molecule has 1 unspecified atom stereocenters. The molecule has 6 heteroatoms. The van der Waals surface area contributed by atoms with Gasteiger partial charge in [0, 0.05) is 18.3 Å². The molecule has 0 bridgehead atoms. The van der Waals surface area contributed by atoms with Crippen LogP contribution in [0.15, 0.2) is 18.2 Å². The summed E-state index contributed by atoms with van der Waals surface area (Å²) < 4.78 is 38.0. The van der Waals surface area contributed by atoms with Gasteiger partial charge in [0.2, 0.25) is 0 Å². The average Bonchev–Trinajstić information content (AvgIpc) is 2.44. The van der Waals surface area contributed by atoms with E-state index in [0.717, 1.165) is 16.0 Å². The Kier molecular flexibility index (Phi) is 4.80. The van der Waals surface area contributed by atoms with E-state index >= 15 is 0 Å². The first-order chi connectivity index (χ1) is 10.2. The number of aryl methyl sites for hydroxylation is 1. The molecule has 1 aromatic rings. The second-order valence-corrected chi connectivity index (χ2v) is 6.13. The number of hydrogen-bond donors (Lipinski definition) is 1. The van der Waals surface area contributed by atoms with Crippen LogP contribution in [0.5, 0.6) is 0 Å². The number of carbonyl (C=O) groups is 1. The molecule has 2 N–H and O–H groups in total. The minimum atomic E-state index is -4.84. The first kappa shape index (κ1) is 16.8. The summed E-state index contributed by atoms with van der Waals surface area (Å²) >= 11 is 0. The van der Waals surface area contributed by atoms with E-state index in [1.165, 1.54) is 0 Å². The van der Waals surface area contributed by atoms with Gasteiger partial charge in [-0.15, -0.1) is 0 Å². The van der Waals surface area contributed by atoms with Crippen molar-refractivity contribution in [2.75, 3.05) is 11.4 Å². The number of nitrogens with zero attached hydrogens (tertiary/aromatic N) is 1. The number of rotatable bonds is 3. The number of amides is 1. The minimum absolute atomic E-state index is 0.00884. The molecule has 1 amide bonds. The van der Waals surface area contributed by atoms with E-state index < -0.39 is 12.1 Å². The van der Waals surface area contributed by atoms with E-state index in [9.17, 15) is 18.0 Å². The molecule has 1 atom stereocenters. The fourth-order valence-corrected chi connectivity index (χ4v) is 2.65. The molecule has 0 spiro atoms. The zero-order valence-electron chi connectivity index (χ0n) is 12.8. The molecule has 1 aliphatic rings. The largest absolute Gasteiger partial charge is 0.471 e. The van der Waals surface area contributed by atoms with Crippen LogP contribution >= 0.6 is 0 Å². The van der Waals surface area contributed by atoms with E-state index in [1.54, 1.807) is 12.1 Å². The Hall–Kier alpha value is -1.56. The van der Waals surface area contributed by atoms with Gasteiger partial charge >= 0.3 is 12.1 Å². The zero-order chi connectivity index (χ0) is 16.5. The van der Waals surface area contributed by atoms with Crippen LogP contribution in [0.4, 0.5) is 18.9 Å². The van der Waals surface area contributed by atoms with Crippen molar-refractivity contribution in [3.63, 3.8) is 0 Å². The van der Waals surface area contributed by atoms with E-state index in [-0.39, 0.29) is 12.6 Å². The zero-order valence-corrected chi connectivity index (χ0v) is 12.8.